The van der Waals surface area contributed by atoms with E-state index in [1.165, 1.54) is 24.1 Å². The summed E-state index contributed by atoms with van der Waals surface area (Å²) in [5.41, 5.74) is -0.855. The summed E-state index contributed by atoms with van der Waals surface area (Å²) in [7, 11) is -2.38. The Morgan fingerprint density at radius 2 is 2.00 bits per heavy atom. The van der Waals surface area contributed by atoms with Crippen LogP contribution in [0.2, 0.25) is 0 Å². The minimum absolute atomic E-state index is 0.0370. The molecule has 1 aliphatic heterocycles. The highest BCUT2D eigenvalue weighted by Gasteiger charge is 2.55. The fourth-order valence-electron chi connectivity index (χ4n) is 3.98. The number of benzene rings is 1. The summed E-state index contributed by atoms with van der Waals surface area (Å²) in [6.07, 6.45) is 2.24. The highest BCUT2D eigenvalue weighted by Crippen LogP contribution is 2.48. The van der Waals surface area contributed by atoms with Crippen molar-refractivity contribution >= 4 is 21.9 Å². The van der Waals surface area contributed by atoms with Crippen molar-refractivity contribution in [3.05, 3.63) is 30.3 Å². The van der Waals surface area contributed by atoms with Gasteiger partial charge in [0.1, 0.15) is 0 Å². The molecule has 25 heavy (non-hydrogen) atoms. The van der Waals surface area contributed by atoms with Crippen molar-refractivity contribution in [2.24, 2.45) is 11.3 Å². The lowest BCUT2D eigenvalue weighted by atomic mass is 9.81. The molecule has 1 aliphatic carbocycles. The number of carboxylic acid groups (broad SMARTS) is 1. The van der Waals surface area contributed by atoms with Gasteiger partial charge in [0, 0.05) is 20.1 Å². The second-order valence-corrected chi connectivity index (χ2v) is 8.94. The van der Waals surface area contributed by atoms with Crippen LogP contribution in [0.5, 0.6) is 0 Å². The number of carbonyl (C=O) groups is 2. The first kappa shape index (κ1) is 17.9. The molecule has 1 aromatic rings. The van der Waals surface area contributed by atoms with E-state index in [1.807, 2.05) is 0 Å². The Hall–Kier alpha value is -1.93. The van der Waals surface area contributed by atoms with E-state index in [0.717, 1.165) is 17.1 Å². The number of hydrogen-bond acceptors (Lipinski definition) is 4. The molecule has 1 saturated heterocycles. The molecule has 2 aliphatic rings. The minimum Gasteiger partial charge on any atom is -0.481 e. The topological polar surface area (TPSA) is 95.0 Å². The van der Waals surface area contributed by atoms with Gasteiger partial charge >= 0.3 is 5.97 Å². The van der Waals surface area contributed by atoms with Crippen LogP contribution in [0.15, 0.2) is 35.2 Å². The number of sulfonamides is 1. The highest BCUT2D eigenvalue weighted by molar-refractivity contribution is 7.89. The van der Waals surface area contributed by atoms with Crippen LogP contribution in [-0.2, 0) is 19.6 Å². The molecule has 0 bridgehead atoms. The lowest BCUT2D eigenvalue weighted by molar-refractivity contribution is -0.149. The van der Waals surface area contributed by atoms with Crippen molar-refractivity contribution in [1.82, 2.24) is 9.21 Å². The summed E-state index contributed by atoms with van der Waals surface area (Å²) in [5, 5.41) is 9.59. The molecule has 0 spiro atoms. The molecule has 136 valence electrons. The van der Waals surface area contributed by atoms with E-state index in [0.29, 0.717) is 13.0 Å². The van der Waals surface area contributed by atoms with E-state index in [9.17, 15) is 23.1 Å². The number of carboxylic acids is 1. The summed E-state index contributed by atoms with van der Waals surface area (Å²) in [4.78, 5) is 25.9. The average Bonchev–Trinajstić information content (AvgIpc) is 3.13. The summed E-state index contributed by atoms with van der Waals surface area (Å²) in [6, 6.07) is 7.94. The Balaban J connectivity index is 1.70. The smallest absolute Gasteiger partial charge is 0.311 e. The number of hydrogen-bond donors (Lipinski definition) is 1. The van der Waals surface area contributed by atoms with Crippen LogP contribution >= 0.6 is 0 Å². The van der Waals surface area contributed by atoms with Crippen molar-refractivity contribution in [2.75, 3.05) is 26.7 Å². The summed E-state index contributed by atoms with van der Waals surface area (Å²) >= 11 is 0. The molecule has 0 unspecified atom stereocenters. The summed E-state index contributed by atoms with van der Waals surface area (Å²) < 4.78 is 26.0. The number of likely N-dealkylation sites (tertiary alicyclic amines) is 1. The van der Waals surface area contributed by atoms with Gasteiger partial charge in [-0.25, -0.2) is 8.42 Å². The molecular formula is C17H22N2O5S. The first-order chi connectivity index (χ1) is 11.8. The standard InChI is InChI=1S/C17H22N2O5S/c1-18(25(23,24)14-7-3-2-4-8-14)11-15(20)19-10-13-6-5-9-17(13,12-19)16(21)22/h2-4,7-8,13H,5-6,9-12H2,1H3,(H,21,22)/t13-,17+/m0/s1. The maximum Gasteiger partial charge on any atom is 0.311 e. The second-order valence-electron chi connectivity index (χ2n) is 6.90. The van der Waals surface area contributed by atoms with E-state index in [4.69, 9.17) is 0 Å². The fraction of sp³-hybridized carbons (Fsp3) is 0.529. The first-order valence-corrected chi connectivity index (χ1v) is 9.74. The maximum atomic E-state index is 12.6. The zero-order valence-electron chi connectivity index (χ0n) is 14.1. The van der Waals surface area contributed by atoms with Gasteiger partial charge in [-0.05, 0) is 30.9 Å². The number of fused-ring (bicyclic) bond motifs is 1. The molecule has 7 nitrogen and oxygen atoms in total. The van der Waals surface area contributed by atoms with Gasteiger partial charge < -0.3 is 10.0 Å². The summed E-state index contributed by atoms with van der Waals surface area (Å²) in [5.74, 6) is -1.24. The number of nitrogens with zero attached hydrogens (tertiary/aromatic N) is 2. The van der Waals surface area contributed by atoms with Gasteiger partial charge in [-0.3, -0.25) is 9.59 Å². The SMILES string of the molecule is CN(CC(=O)N1C[C@@H]2CCC[C@@]2(C(=O)O)C1)S(=O)(=O)c1ccccc1. The van der Waals surface area contributed by atoms with Crippen LogP contribution < -0.4 is 0 Å². The Morgan fingerprint density at radius 3 is 2.60 bits per heavy atom. The number of aliphatic carboxylic acids is 1. The molecule has 1 aromatic carbocycles. The first-order valence-electron chi connectivity index (χ1n) is 8.30. The quantitative estimate of drug-likeness (QED) is 0.839. The van der Waals surface area contributed by atoms with Crippen molar-refractivity contribution < 1.29 is 23.1 Å². The molecule has 1 N–H and O–H groups in total. The molecule has 2 fully saturated rings. The molecule has 1 amide bonds. The van der Waals surface area contributed by atoms with Gasteiger partial charge in [-0.15, -0.1) is 0 Å². The number of amides is 1. The zero-order valence-corrected chi connectivity index (χ0v) is 14.9. The largest absolute Gasteiger partial charge is 0.481 e. The van der Waals surface area contributed by atoms with E-state index in [1.54, 1.807) is 18.2 Å². The van der Waals surface area contributed by atoms with Crippen molar-refractivity contribution in [3.8, 4) is 0 Å². The summed E-state index contributed by atoms with van der Waals surface area (Å²) in [6.45, 7) is 0.273. The zero-order chi connectivity index (χ0) is 18.2. The monoisotopic (exact) mass is 366 g/mol. The maximum absolute atomic E-state index is 12.6. The Kier molecular flexibility index (Phi) is 4.59. The minimum atomic E-state index is -3.74. The van der Waals surface area contributed by atoms with Gasteiger partial charge in [0.25, 0.3) is 0 Å². The number of carbonyl (C=O) groups excluding carboxylic acids is 1. The van der Waals surface area contributed by atoms with E-state index < -0.39 is 21.4 Å². The molecule has 8 heteroatoms. The van der Waals surface area contributed by atoms with Gasteiger partial charge in [0.05, 0.1) is 16.9 Å². The third kappa shape index (κ3) is 3.04. The molecule has 0 aromatic heterocycles. The van der Waals surface area contributed by atoms with Crippen LogP contribution in [-0.4, -0.2) is 61.3 Å². The van der Waals surface area contributed by atoms with E-state index in [2.05, 4.69) is 0 Å². The fourth-order valence-corrected chi connectivity index (χ4v) is 5.12. The van der Waals surface area contributed by atoms with Crippen molar-refractivity contribution in [2.45, 2.75) is 24.2 Å². The number of rotatable bonds is 5. The van der Waals surface area contributed by atoms with E-state index in [-0.39, 0.29) is 29.8 Å². The van der Waals surface area contributed by atoms with Crippen molar-refractivity contribution in [3.63, 3.8) is 0 Å². The number of likely N-dealkylation sites (N-methyl/N-ethyl adjacent to an activating group) is 1. The molecule has 1 saturated carbocycles. The van der Waals surface area contributed by atoms with Crippen LogP contribution in [0.4, 0.5) is 0 Å². The van der Waals surface area contributed by atoms with Gasteiger partial charge in [-0.2, -0.15) is 4.31 Å². The Labute approximate surface area is 147 Å². The van der Waals surface area contributed by atoms with Crippen molar-refractivity contribution in [1.29, 1.82) is 0 Å². The van der Waals surface area contributed by atoms with Crippen LogP contribution in [0, 0.1) is 11.3 Å². The normalized spacial score (nSPS) is 26.0. The predicted molar refractivity (Wildman–Crippen MR) is 90.2 cm³/mol. The molecular weight excluding hydrogens is 344 g/mol. The lowest BCUT2D eigenvalue weighted by Crippen LogP contribution is -2.42. The van der Waals surface area contributed by atoms with Gasteiger partial charge in [-0.1, -0.05) is 24.6 Å². The second kappa shape index (κ2) is 6.42. The third-order valence-corrected chi connectivity index (χ3v) is 7.28. The Morgan fingerprint density at radius 1 is 1.32 bits per heavy atom. The molecule has 2 atom stereocenters. The predicted octanol–water partition coefficient (Wildman–Crippen LogP) is 1.02. The highest BCUT2D eigenvalue weighted by atomic mass is 32.2. The molecule has 3 rings (SSSR count). The van der Waals surface area contributed by atoms with Gasteiger partial charge in [0.2, 0.25) is 15.9 Å². The third-order valence-electron chi connectivity index (χ3n) is 5.46. The molecule has 0 radical (unpaired) electrons. The van der Waals surface area contributed by atoms with E-state index >= 15 is 0 Å². The van der Waals surface area contributed by atoms with Crippen LogP contribution in [0.3, 0.4) is 0 Å². The molecule has 1 heterocycles. The van der Waals surface area contributed by atoms with Crippen LogP contribution in [0.25, 0.3) is 0 Å². The van der Waals surface area contributed by atoms with Crippen LogP contribution in [0.1, 0.15) is 19.3 Å². The average molecular weight is 366 g/mol. The Bertz CT molecular complexity index is 779. The van der Waals surface area contributed by atoms with Gasteiger partial charge in [0.15, 0.2) is 0 Å². The lowest BCUT2D eigenvalue weighted by Gasteiger charge is -2.24.